The van der Waals surface area contributed by atoms with Crippen molar-refractivity contribution in [3.8, 4) is 5.75 Å². The smallest absolute Gasteiger partial charge is 0.115 e. The average molecular weight is 264 g/mol. The van der Waals surface area contributed by atoms with Gasteiger partial charge < -0.3 is 15.4 Å². The Labute approximate surface area is 117 Å². The van der Waals surface area contributed by atoms with Gasteiger partial charge in [0.15, 0.2) is 0 Å². The van der Waals surface area contributed by atoms with Gasteiger partial charge in [-0.05, 0) is 35.7 Å². The molecule has 0 saturated carbocycles. The number of para-hydroxylation sites is 1. The monoisotopic (exact) mass is 264 g/mol. The number of rotatable bonds is 1. The summed E-state index contributed by atoms with van der Waals surface area (Å²) in [7, 11) is 0. The molecule has 20 heavy (non-hydrogen) atoms. The highest BCUT2D eigenvalue weighted by atomic mass is 16.3. The van der Waals surface area contributed by atoms with E-state index in [9.17, 15) is 5.11 Å². The van der Waals surface area contributed by atoms with Gasteiger partial charge in [0.25, 0.3) is 0 Å². The van der Waals surface area contributed by atoms with Crippen LogP contribution in [0.15, 0.2) is 48.5 Å². The van der Waals surface area contributed by atoms with E-state index < -0.39 is 0 Å². The second-order valence-corrected chi connectivity index (χ2v) is 5.29. The lowest BCUT2D eigenvalue weighted by Crippen LogP contribution is -2.30. The number of aromatic nitrogens is 1. The van der Waals surface area contributed by atoms with Crippen LogP contribution >= 0.6 is 0 Å². The van der Waals surface area contributed by atoms with Crippen LogP contribution in [0.2, 0.25) is 0 Å². The maximum absolute atomic E-state index is 9.69. The normalized spacial score (nSPS) is 18.1. The Morgan fingerprint density at radius 3 is 2.85 bits per heavy atom. The number of benzene rings is 2. The molecular weight excluding hydrogens is 248 g/mol. The molecule has 0 unspecified atom stereocenters. The summed E-state index contributed by atoms with van der Waals surface area (Å²) in [5.74, 6) is 0.313. The first-order valence-electron chi connectivity index (χ1n) is 6.95. The summed E-state index contributed by atoms with van der Waals surface area (Å²) in [6, 6.07) is 16.0. The predicted octanol–water partition coefficient (Wildman–Crippen LogP) is 3.11. The Morgan fingerprint density at radius 2 is 1.95 bits per heavy atom. The van der Waals surface area contributed by atoms with Crippen molar-refractivity contribution in [2.45, 2.75) is 12.5 Å². The number of phenolic OH excluding ortho intramolecular Hbond substituents is 1. The van der Waals surface area contributed by atoms with Crippen LogP contribution in [0.25, 0.3) is 10.9 Å². The third-order valence-corrected chi connectivity index (χ3v) is 4.06. The number of H-pyrrole nitrogens is 1. The molecule has 0 aliphatic carbocycles. The predicted molar refractivity (Wildman–Crippen MR) is 80.0 cm³/mol. The molecule has 100 valence electrons. The van der Waals surface area contributed by atoms with Gasteiger partial charge in [0.2, 0.25) is 0 Å². The highest BCUT2D eigenvalue weighted by Crippen LogP contribution is 2.34. The van der Waals surface area contributed by atoms with Crippen LogP contribution in [0.3, 0.4) is 0 Å². The van der Waals surface area contributed by atoms with Gasteiger partial charge in [0, 0.05) is 23.1 Å². The zero-order valence-electron chi connectivity index (χ0n) is 11.1. The Morgan fingerprint density at radius 1 is 1.05 bits per heavy atom. The van der Waals surface area contributed by atoms with Crippen molar-refractivity contribution in [1.82, 2.24) is 10.3 Å². The van der Waals surface area contributed by atoms with Crippen LogP contribution in [-0.2, 0) is 6.42 Å². The molecule has 3 aromatic rings. The maximum atomic E-state index is 9.69. The van der Waals surface area contributed by atoms with E-state index in [1.165, 1.54) is 22.2 Å². The minimum absolute atomic E-state index is 0.123. The fourth-order valence-corrected chi connectivity index (χ4v) is 3.17. The molecule has 1 atom stereocenters. The lowest BCUT2D eigenvalue weighted by atomic mass is 9.94. The molecule has 0 radical (unpaired) electrons. The number of aromatic amines is 1. The van der Waals surface area contributed by atoms with Crippen molar-refractivity contribution < 1.29 is 5.11 Å². The van der Waals surface area contributed by atoms with Crippen LogP contribution in [0, 0.1) is 0 Å². The molecule has 1 aliphatic rings. The minimum atomic E-state index is 0.123. The summed E-state index contributed by atoms with van der Waals surface area (Å²) in [6.45, 7) is 0.954. The van der Waals surface area contributed by atoms with Gasteiger partial charge in [-0.3, -0.25) is 0 Å². The molecule has 3 N–H and O–H groups in total. The molecule has 3 heteroatoms. The molecule has 4 rings (SSSR count). The maximum Gasteiger partial charge on any atom is 0.115 e. The number of fused-ring (bicyclic) bond motifs is 3. The average Bonchev–Trinajstić information content (AvgIpc) is 2.86. The van der Waals surface area contributed by atoms with Gasteiger partial charge in [0.1, 0.15) is 5.75 Å². The summed E-state index contributed by atoms with van der Waals surface area (Å²) in [6.07, 6.45) is 1.04. The molecule has 0 spiro atoms. The third-order valence-electron chi connectivity index (χ3n) is 4.06. The highest BCUT2D eigenvalue weighted by Gasteiger charge is 2.25. The Kier molecular flexibility index (Phi) is 2.54. The van der Waals surface area contributed by atoms with E-state index in [1.807, 2.05) is 12.1 Å². The second kappa shape index (κ2) is 4.39. The largest absolute Gasteiger partial charge is 0.508 e. The van der Waals surface area contributed by atoms with Crippen molar-refractivity contribution >= 4 is 10.9 Å². The first kappa shape index (κ1) is 11.6. The summed E-state index contributed by atoms with van der Waals surface area (Å²) in [5.41, 5.74) is 4.90. The van der Waals surface area contributed by atoms with E-state index in [0.717, 1.165) is 18.5 Å². The van der Waals surface area contributed by atoms with Crippen LogP contribution in [0.1, 0.15) is 22.9 Å². The summed E-state index contributed by atoms with van der Waals surface area (Å²) in [4.78, 5) is 3.54. The summed E-state index contributed by atoms with van der Waals surface area (Å²) >= 11 is 0. The first-order valence-corrected chi connectivity index (χ1v) is 6.95. The number of nitrogens with one attached hydrogen (secondary N) is 2. The molecule has 2 heterocycles. The van der Waals surface area contributed by atoms with E-state index >= 15 is 0 Å². The van der Waals surface area contributed by atoms with Gasteiger partial charge >= 0.3 is 0 Å². The molecule has 0 fully saturated rings. The van der Waals surface area contributed by atoms with Gasteiger partial charge in [-0.25, -0.2) is 0 Å². The Balaban J connectivity index is 1.90. The molecule has 1 aromatic heterocycles. The van der Waals surface area contributed by atoms with E-state index in [1.54, 1.807) is 6.07 Å². The van der Waals surface area contributed by atoms with Crippen molar-refractivity contribution in [3.05, 3.63) is 65.4 Å². The van der Waals surface area contributed by atoms with Crippen LogP contribution < -0.4 is 5.32 Å². The Bertz CT molecular complexity index is 776. The van der Waals surface area contributed by atoms with Crippen molar-refractivity contribution in [2.24, 2.45) is 0 Å². The summed E-state index contributed by atoms with van der Waals surface area (Å²) < 4.78 is 0. The van der Waals surface area contributed by atoms with E-state index in [4.69, 9.17) is 0 Å². The standard InChI is InChI=1S/C17H16N2O/c20-12-5-3-4-11(10-12)16-17-14(8-9-18-16)13-6-1-2-7-15(13)19-17/h1-7,10,16,18-20H,8-9H2/t16-/m1/s1. The molecule has 2 aromatic carbocycles. The van der Waals surface area contributed by atoms with E-state index in [2.05, 4.69) is 40.6 Å². The lowest BCUT2D eigenvalue weighted by Gasteiger charge is -2.24. The molecule has 0 bridgehead atoms. The number of hydrogen-bond acceptors (Lipinski definition) is 2. The topological polar surface area (TPSA) is 48.0 Å². The quantitative estimate of drug-likeness (QED) is 0.632. The number of aromatic hydroxyl groups is 1. The minimum Gasteiger partial charge on any atom is -0.508 e. The number of hydrogen-bond donors (Lipinski definition) is 3. The second-order valence-electron chi connectivity index (χ2n) is 5.29. The van der Waals surface area contributed by atoms with Gasteiger partial charge in [0.05, 0.1) is 6.04 Å². The lowest BCUT2D eigenvalue weighted by molar-refractivity contribution is 0.472. The van der Waals surface area contributed by atoms with E-state index in [0.29, 0.717) is 5.75 Å². The van der Waals surface area contributed by atoms with Crippen molar-refractivity contribution in [3.63, 3.8) is 0 Å². The molecule has 3 nitrogen and oxygen atoms in total. The van der Waals surface area contributed by atoms with Gasteiger partial charge in [-0.2, -0.15) is 0 Å². The highest BCUT2D eigenvalue weighted by molar-refractivity contribution is 5.85. The van der Waals surface area contributed by atoms with Gasteiger partial charge in [-0.15, -0.1) is 0 Å². The Hall–Kier alpha value is -2.26. The molecule has 1 aliphatic heterocycles. The molecular formula is C17H16N2O. The fraction of sp³-hybridized carbons (Fsp3) is 0.176. The van der Waals surface area contributed by atoms with Crippen molar-refractivity contribution in [2.75, 3.05) is 6.54 Å². The summed E-state index contributed by atoms with van der Waals surface area (Å²) in [5, 5.41) is 14.5. The molecule has 0 amide bonds. The third kappa shape index (κ3) is 1.71. The van der Waals surface area contributed by atoms with Crippen LogP contribution in [-0.4, -0.2) is 16.6 Å². The SMILES string of the molecule is Oc1cccc([C@H]2NCCc3c2[nH]c2ccccc32)c1. The zero-order chi connectivity index (χ0) is 13.5. The number of phenols is 1. The zero-order valence-corrected chi connectivity index (χ0v) is 11.1. The fourth-order valence-electron chi connectivity index (χ4n) is 3.17. The first-order chi connectivity index (χ1) is 9.83. The van der Waals surface area contributed by atoms with Crippen LogP contribution in [0.5, 0.6) is 5.75 Å². The molecule has 0 saturated heterocycles. The van der Waals surface area contributed by atoms with E-state index in [-0.39, 0.29) is 6.04 Å². The van der Waals surface area contributed by atoms with Crippen LogP contribution in [0.4, 0.5) is 0 Å². The van der Waals surface area contributed by atoms with Gasteiger partial charge in [-0.1, -0.05) is 30.3 Å². The van der Waals surface area contributed by atoms with Crippen molar-refractivity contribution in [1.29, 1.82) is 0 Å².